The van der Waals surface area contributed by atoms with Gasteiger partial charge in [0.15, 0.2) is 0 Å². The van der Waals surface area contributed by atoms with Crippen molar-refractivity contribution in [1.82, 2.24) is 10.6 Å². The lowest BCUT2D eigenvalue weighted by Gasteiger charge is -2.30. The third-order valence-corrected chi connectivity index (χ3v) is 3.34. The molecular formula is C14H9F4N3O2. The van der Waals surface area contributed by atoms with Crippen LogP contribution in [-0.4, -0.2) is 23.5 Å². The zero-order valence-corrected chi connectivity index (χ0v) is 11.6. The van der Waals surface area contributed by atoms with Crippen LogP contribution in [0.1, 0.15) is 17.3 Å². The molecule has 1 aromatic rings. The monoisotopic (exact) mass is 327 g/mol. The van der Waals surface area contributed by atoms with Crippen LogP contribution in [0.3, 0.4) is 0 Å². The van der Waals surface area contributed by atoms with Gasteiger partial charge < -0.3 is 10.6 Å². The third kappa shape index (κ3) is 2.52. The van der Waals surface area contributed by atoms with E-state index >= 15 is 0 Å². The van der Waals surface area contributed by atoms with Crippen molar-refractivity contribution in [3.8, 4) is 6.07 Å². The lowest BCUT2D eigenvalue weighted by molar-refractivity contribution is -0.184. The summed E-state index contributed by atoms with van der Waals surface area (Å²) < 4.78 is 53.3. The van der Waals surface area contributed by atoms with Crippen LogP contribution in [0.5, 0.6) is 0 Å². The second kappa shape index (κ2) is 5.39. The average molecular weight is 327 g/mol. The Morgan fingerprint density at radius 3 is 2.35 bits per heavy atom. The first-order valence-corrected chi connectivity index (χ1v) is 6.21. The smallest absolute Gasteiger partial charge is 0.326 e. The minimum Gasteiger partial charge on any atom is -0.326 e. The second-order valence-corrected chi connectivity index (χ2v) is 4.77. The van der Waals surface area contributed by atoms with Gasteiger partial charge in [0, 0.05) is 11.3 Å². The first-order valence-electron chi connectivity index (χ1n) is 6.21. The number of hydrogen-bond donors (Lipinski definition) is 2. The number of carbonyl (C=O) groups is 2. The molecule has 2 N–H and O–H groups in total. The summed E-state index contributed by atoms with van der Waals surface area (Å²) in [6.45, 7) is 1.12. The molecule has 0 aromatic heterocycles. The Kier molecular flexibility index (Phi) is 3.86. The van der Waals surface area contributed by atoms with Gasteiger partial charge >= 0.3 is 6.18 Å². The number of halogens is 4. The topological polar surface area (TPSA) is 82.0 Å². The van der Waals surface area contributed by atoms with Gasteiger partial charge in [-0.2, -0.15) is 18.4 Å². The first kappa shape index (κ1) is 16.5. The van der Waals surface area contributed by atoms with E-state index in [1.807, 2.05) is 5.32 Å². The van der Waals surface area contributed by atoms with Gasteiger partial charge in [0.05, 0.1) is 11.6 Å². The van der Waals surface area contributed by atoms with E-state index in [-0.39, 0.29) is 11.3 Å². The summed E-state index contributed by atoms with van der Waals surface area (Å²) in [5, 5.41) is 12.4. The Morgan fingerprint density at radius 1 is 1.30 bits per heavy atom. The molecule has 2 rings (SSSR count). The van der Waals surface area contributed by atoms with Crippen LogP contribution < -0.4 is 10.6 Å². The highest BCUT2D eigenvalue weighted by Crippen LogP contribution is 2.40. The SMILES string of the molecule is CC1=C(C#N)[C@@](NC(=O)c2ccc(F)cc2)(C(F)(F)F)C(=O)N1. The van der Waals surface area contributed by atoms with Crippen LogP contribution in [0.15, 0.2) is 35.5 Å². The molecule has 23 heavy (non-hydrogen) atoms. The summed E-state index contributed by atoms with van der Waals surface area (Å²) in [4.78, 5) is 23.9. The molecule has 0 saturated heterocycles. The highest BCUT2D eigenvalue weighted by molar-refractivity contribution is 6.04. The summed E-state index contributed by atoms with van der Waals surface area (Å²) >= 11 is 0. The fourth-order valence-electron chi connectivity index (χ4n) is 2.19. The quantitative estimate of drug-likeness (QED) is 0.813. The second-order valence-electron chi connectivity index (χ2n) is 4.77. The van der Waals surface area contributed by atoms with Gasteiger partial charge in [-0.1, -0.05) is 0 Å². The molecule has 1 aromatic carbocycles. The largest absolute Gasteiger partial charge is 0.425 e. The van der Waals surface area contributed by atoms with E-state index < -0.39 is 34.9 Å². The number of rotatable bonds is 2. The number of alkyl halides is 3. The number of nitrogens with one attached hydrogen (secondary N) is 2. The van der Waals surface area contributed by atoms with Crippen molar-refractivity contribution in [2.45, 2.75) is 18.6 Å². The number of nitriles is 1. The molecule has 1 aliphatic rings. The normalized spacial score (nSPS) is 21.0. The summed E-state index contributed by atoms with van der Waals surface area (Å²) in [7, 11) is 0. The molecule has 2 amide bonds. The maximum atomic E-state index is 13.5. The fourth-order valence-corrected chi connectivity index (χ4v) is 2.19. The first-order chi connectivity index (χ1) is 10.6. The zero-order chi connectivity index (χ0) is 17.4. The van der Waals surface area contributed by atoms with Gasteiger partial charge in [-0.15, -0.1) is 0 Å². The van der Waals surface area contributed by atoms with Crippen LogP contribution in [0.25, 0.3) is 0 Å². The van der Waals surface area contributed by atoms with Crippen LogP contribution >= 0.6 is 0 Å². The van der Waals surface area contributed by atoms with Crippen molar-refractivity contribution < 1.29 is 27.2 Å². The van der Waals surface area contributed by atoms with Crippen molar-refractivity contribution in [1.29, 1.82) is 5.26 Å². The van der Waals surface area contributed by atoms with E-state index in [0.29, 0.717) is 0 Å². The number of carbonyl (C=O) groups excluding carboxylic acids is 2. The average Bonchev–Trinajstić information content (AvgIpc) is 2.70. The predicted molar refractivity (Wildman–Crippen MR) is 69.1 cm³/mol. The lowest BCUT2D eigenvalue weighted by atomic mass is 9.90. The maximum absolute atomic E-state index is 13.5. The van der Waals surface area contributed by atoms with Crippen LogP contribution in [0.4, 0.5) is 17.6 Å². The zero-order valence-electron chi connectivity index (χ0n) is 11.6. The molecule has 9 heteroatoms. The molecule has 0 radical (unpaired) electrons. The molecule has 1 heterocycles. The Labute approximate surface area is 127 Å². The van der Waals surface area contributed by atoms with Gasteiger partial charge in [-0.05, 0) is 31.2 Å². The molecule has 5 nitrogen and oxygen atoms in total. The van der Waals surface area contributed by atoms with Crippen molar-refractivity contribution in [3.05, 3.63) is 46.9 Å². The molecule has 1 aliphatic heterocycles. The van der Waals surface area contributed by atoms with E-state index in [1.165, 1.54) is 6.07 Å². The maximum Gasteiger partial charge on any atom is 0.425 e. The molecule has 0 bridgehead atoms. The van der Waals surface area contributed by atoms with Crippen LogP contribution in [0.2, 0.25) is 0 Å². The third-order valence-electron chi connectivity index (χ3n) is 3.34. The summed E-state index contributed by atoms with van der Waals surface area (Å²) in [6, 6.07) is 5.00. The van der Waals surface area contributed by atoms with Crippen molar-refractivity contribution in [2.75, 3.05) is 0 Å². The highest BCUT2D eigenvalue weighted by atomic mass is 19.4. The van der Waals surface area contributed by atoms with E-state index in [2.05, 4.69) is 0 Å². The molecule has 0 unspecified atom stereocenters. The molecule has 1 atom stereocenters. The Morgan fingerprint density at radius 2 is 1.87 bits per heavy atom. The minimum atomic E-state index is -5.24. The highest BCUT2D eigenvalue weighted by Gasteiger charge is 2.67. The summed E-state index contributed by atoms with van der Waals surface area (Å²) in [5.74, 6) is -3.52. The number of allylic oxidation sites excluding steroid dienone is 1. The van der Waals surface area contributed by atoms with Crippen molar-refractivity contribution >= 4 is 11.8 Å². The minimum absolute atomic E-state index is 0.287. The molecule has 0 fully saturated rings. The van der Waals surface area contributed by atoms with E-state index in [9.17, 15) is 27.2 Å². The van der Waals surface area contributed by atoms with Gasteiger partial charge in [-0.25, -0.2) is 4.39 Å². The van der Waals surface area contributed by atoms with Gasteiger partial charge in [-0.3, -0.25) is 9.59 Å². The summed E-state index contributed by atoms with van der Waals surface area (Å²) in [6.07, 6.45) is -5.24. The van der Waals surface area contributed by atoms with Crippen LogP contribution in [0, 0.1) is 17.1 Å². The van der Waals surface area contributed by atoms with Crippen LogP contribution in [-0.2, 0) is 4.79 Å². The molecule has 0 spiro atoms. The Balaban J connectivity index is 2.50. The van der Waals surface area contributed by atoms with Crippen molar-refractivity contribution in [2.24, 2.45) is 0 Å². The van der Waals surface area contributed by atoms with Gasteiger partial charge in [0.2, 0.25) is 0 Å². The fraction of sp³-hybridized carbons (Fsp3) is 0.214. The Hall–Kier alpha value is -2.89. The van der Waals surface area contributed by atoms with Gasteiger partial charge in [0.25, 0.3) is 17.4 Å². The predicted octanol–water partition coefficient (Wildman–Crippen LogP) is 1.78. The molecule has 0 saturated carbocycles. The number of benzene rings is 1. The van der Waals surface area contributed by atoms with Gasteiger partial charge in [0.1, 0.15) is 5.82 Å². The van der Waals surface area contributed by atoms with E-state index in [1.54, 1.807) is 5.32 Å². The number of amides is 2. The molecular weight excluding hydrogens is 318 g/mol. The molecule has 120 valence electrons. The standard InChI is InChI=1S/C14H9F4N3O2/c1-7-10(6-19)13(12(23)20-7,14(16,17)18)21-11(22)8-2-4-9(15)5-3-8/h2-5H,1H3,(H,20,23)(H,21,22)/t13-/m0/s1. The van der Waals surface area contributed by atoms with Crippen molar-refractivity contribution in [3.63, 3.8) is 0 Å². The van der Waals surface area contributed by atoms with E-state index in [0.717, 1.165) is 31.2 Å². The Bertz CT molecular complexity index is 747. The number of hydrogen-bond acceptors (Lipinski definition) is 3. The lowest BCUT2D eigenvalue weighted by Crippen LogP contribution is -2.64. The van der Waals surface area contributed by atoms with E-state index in [4.69, 9.17) is 5.26 Å². The summed E-state index contributed by atoms with van der Waals surface area (Å²) in [5.41, 5.74) is -5.00. The number of nitrogens with zero attached hydrogens (tertiary/aromatic N) is 1. The molecule has 0 aliphatic carbocycles.